The highest BCUT2D eigenvalue weighted by atomic mass is 19.4. The molecule has 5 nitrogen and oxygen atoms in total. The molecule has 2 aromatic heterocycles. The van der Waals surface area contributed by atoms with E-state index in [-0.39, 0.29) is 23.1 Å². The number of nitrogens with zero attached hydrogens (tertiary/aromatic N) is 3. The van der Waals surface area contributed by atoms with Crippen LogP contribution >= 0.6 is 0 Å². The fourth-order valence-electron chi connectivity index (χ4n) is 2.77. The van der Waals surface area contributed by atoms with Crippen molar-refractivity contribution in [2.45, 2.75) is 12.7 Å². The minimum absolute atomic E-state index is 0.0288. The van der Waals surface area contributed by atoms with Gasteiger partial charge in [0.25, 0.3) is 0 Å². The third kappa shape index (κ3) is 2.18. The quantitative estimate of drug-likeness (QED) is 0.613. The largest absolute Gasteiger partial charge is 0.417 e. The number of hydrogen-bond acceptors (Lipinski definition) is 2. The van der Waals surface area contributed by atoms with E-state index in [1.165, 1.54) is 12.1 Å². The molecule has 8 heteroatoms. The van der Waals surface area contributed by atoms with Crippen molar-refractivity contribution in [1.29, 1.82) is 0 Å². The van der Waals surface area contributed by atoms with E-state index in [1.807, 2.05) is 30.3 Å². The Labute approximate surface area is 132 Å². The van der Waals surface area contributed by atoms with Crippen molar-refractivity contribution in [1.82, 2.24) is 19.4 Å². The molecule has 2 heterocycles. The number of fused-ring (bicyclic) bond motifs is 3. The van der Waals surface area contributed by atoms with E-state index in [1.54, 1.807) is 0 Å². The first kappa shape index (κ1) is 14.6. The summed E-state index contributed by atoms with van der Waals surface area (Å²) in [5, 5.41) is 6.69. The fourth-order valence-corrected chi connectivity index (χ4v) is 2.77. The summed E-state index contributed by atoms with van der Waals surface area (Å²) in [7, 11) is 0. The van der Waals surface area contributed by atoms with Crippen LogP contribution in [0.5, 0.6) is 0 Å². The van der Waals surface area contributed by atoms with Crippen LogP contribution in [0.4, 0.5) is 13.2 Å². The molecule has 24 heavy (non-hydrogen) atoms. The number of benzene rings is 2. The number of aromatic amines is 1. The summed E-state index contributed by atoms with van der Waals surface area (Å²) >= 11 is 0. The molecule has 0 fully saturated rings. The van der Waals surface area contributed by atoms with E-state index in [0.717, 1.165) is 20.8 Å². The molecular formula is C16H11F3N4O. The maximum atomic E-state index is 13.2. The maximum absolute atomic E-state index is 13.2. The van der Waals surface area contributed by atoms with Crippen molar-refractivity contribution < 1.29 is 13.2 Å². The molecule has 0 atom stereocenters. The lowest BCUT2D eigenvalue weighted by Gasteiger charge is -2.07. The van der Waals surface area contributed by atoms with Gasteiger partial charge in [-0.1, -0.05) is 36.4 Å². The Hall–Kier alpha value is -3.03. The molecule has 4 aromatic rings. The molecule has 0 unspecified atom stereocenters. The van der Waals surface area contributed by atoms with E-state index >= 15 is 0 Å². The Morgan fingerprint density at radius 1 is 1.04 bits per heavy atom. The fraction of sp³-hybridized carbons (Fsp3) is 0.125. The Bertz CT molecular complexity index is 1090. The van der Waals surface area contributed by atoms with Crippen molar-refractivity contribution in [2.24, 2.45) is 0 Å². The average molecular weight is 332 g/mol. The minimum Gasteiger partial charge on any atom is -0.288 e. The van der Waals surface area contributed by atoms with E-state index in [9.17, 15) is 18.0 Å². The normalized spacial score (nSPS) is 12.3. The highest BCUT2D eigenvalue weighted by molar-refractivity contribution is 5.95. The van der Waals surface area contributed by atoms with Gasteiger partial charge in [-0.3, -0.25) is 5.10 Å². The van der Waals surface area contributed by atoms with Crippen LogP contribution < -0.4 is 5.69 Å². The number of rotatable bonds is 2. The van der Waals surface area contributed by atoms with Crippen LogP contribution in [-0.2, 0) is 12.7 Å². The Balaban J connectivity index is 1.95. The topological polar surface area (TPSA) is 55.1 Å². The van der Waals surface area contributed by atoms with Gasteiger partial charge in [0.05, 0.1) is 23.0 Å². The van der Waals surface area contributed by atoms with Gasteiger partial charge in [0.15, 0.2) is 5.65 Å². The highest BCUT2D eigenvalue weighted by Gasteiger charge is 2.34. The van der Waals surface area contributed by atoms with Crippen LogP contribution in [-0.4, -0.2) is 19.4 Å². The molecule has 122 valence electrons. The minimum atomic E-state index is -4.53. The molecule has 0 spiro atoms. The number of hydrogen-bond donors (Lipinski definition) is 1. The number of halogens is 3. The SMILES string of the molecule is O=c1n(Cc2ccccc2)nc2c3c(C(F)(F)F)cccc3[nH]n12. The molecule has 0 radical (unpaired) electrons. The summed E-state index contributed by atoms with van der Waals surface area (Å²) in [5.74, 6) is 0. The number of aromatic nitrogens is 4. The van der Waals surface area contributed by atoms with Gasteiger partial charge in [-0.15, -0.1) is 5.10 Å². The molecule has 0 saturated carbocycles. The first-order valence-electron chi connectivity index (χ1n) is 7.16. The predicted octanol–water partition coefficient (Wildman–Crippen LogP) is 3.04. The molecule has 0 bridgehead atoms. The van der Waals surface area contributed by atoms with Gasteiger partial charge in [-0.25, -0.2) is 9.48 Å². The number of nitrogens with one attached hydrogen (secondary N) is 1. The van der Waals surface area contributed by atoms with Crippen LogP contribution in [0, 0.1) is 0 Å². The van der Waals surface area contributed by atoms with Gasteiger partial charge in [-0.05, 0) is 17.7 Å². The molecule has 1 N–H and O–H groups in total. The lowest BCUT2D eigenvalue weighted by atomic mass is 10.1. The van der Waals surface area contributed by atoms with Crippen molar-refractivity contribution >= 4 is 16.6 Å². The van der Waals surface area contributed by atoms with Gasteiger partial charge in [0, 0.05) is 0 Å². The summed E-state index contributed by atoms with van der Waals surface area (Å²) in [6.07, 6.45) is -4.53. The van der Waals surface area contributed by atoms with Crippen LogP contribution in [0.2, 0.25) is 0 Å². The molecular weight excluding hydrogens is 321 g/mol. The lowest BCUT2D eigenvalue weighted by molar-refractivity contribution is -0.136. The zero-order chi connectivity index (χ0) is 16.9. The standard InChI is InChI=1S/C16H11F3N4O/c17-16(18,19)11-7-4-8-12-13(11)14-21-22(15(24)23(14)20-12)9-10-5-2-1-3-6-10/h1-8,20H,9H2. The van der Waals surface area contributed by atoms with Crippen LogP contribution in [0.15, 0.2) is 53.3 Å². The third-order valence-corrected chi connectivity index (χ3v) is 3.84. The Morgan fingerprint density at radius 2 is 1.79 bits per heavy atom. The molecule has 4 rings (SSSR count). The van der Waals surface area contributed by atoms with Crippen molar-refractivity contribution in [3.8, 4) is 0 Å². The second kappa shape index (κ2) is 4.98. The summed E-state index contributed by atoms with van der Waals surface area (Å²) in [5.41, 5.74) is -0.308. The van der Waals surface area contributed by atoms with Crippen LogP contribution in [0.25, 0.3) is 16.6 Å². The second-order valence-electron chi connectivity index (χ2n) is 5.42. The van der Waals surface area contributed by atoms with E-state index < -0.39 is 17.4 Å². The van der Waals surface area contributed by atoms with Gasteiger partial charge in [0.2, 0.25) is 0 Å². The molecule has 0 aliphatic carbocycles. The Morgan fingerprint density at radius 3 is 2.50 bits per heavy atom. The lowest BCUT2D eigenvalue weighted by Crippen LogP contribution is -2.22. The van der Waals surface area contributed by atoms with Crippen molar-refractivity contribution in [2.75, 3.05) is 0 Å². The van der Waals surface area contributed by atoms with Crippen molar-refractivity contribution in [3.63, 3.8) is 0 Å². The highest BCUT2D eigenvalue weighted by Crippen LogP contribution is 2.35. The summed E-state index contributed by atoms with van der Waals surface area (Å²) in [6.45, 7) is 0.185. The average Bonchev–Trinajstić information content (AvgIpc) is 3.05. The monoisotopic (exact) mass is 332 g/mol. The molecule has 0 saturated heterocycles. The first-order chi connectivity index (χ1) is 11.4. The number of alkyl halides is 3. The number of H-pyrrole nitrogens is 1. The van der Waals surface area contributed by atoms with Gasteiger partial charge >= 0.3 is 11.9 Å². The van der Waals surface area contributed by atoms with Crippen LogP contribution in [0.1, 0.15) is 11.1 Å². The summed E-state index contributed by atoms with van der Waals surface area (Å²) < 4.78 is 41.9. The van der Waals surface area contributed by atoms with E-state index in [0.29, 0.717) is 0 Å². The second-order valence-corrected chi connectivity index (χ2v) is 5.42. The molecule has 0 amide bonds. The summed E-state index contributed by atoms with van der Waals surface area (Å²) in [6, 6.07) is 12.9. The molecule has 0 aliphatic rings. The molecule has 0 aliphatic heterocycles. The third-order valence-electron chi connectivity index (χ3n) is 3.84. The molecule has 2 aromatic carbocycles. The summed E-state index contributed by atoms with van der Waals surface area (Å²) in [4.78, 5) is 12.4. The Kier molecular flexibility index (Phi) is 3.02. The van der Waals surface area contributed by atoms with Gasteiger partial charge in [0.1, 0.15) is 0 Å². The van der Waals surface area contributed by atoms with Crippen LogP contribution in [0.3, 0.4) is 0 Å². The first-order valence-corrected chi connectivity index (χ1v) is 7.16. The van der Waals surface area contributed by atoms with Gasteiger partial charge in [-0.2, -0.15) is 17.7 Å². The maximum Gasteiger partial charge on any atom is 0.417 e. The van der Waals surface area contributed by atoms with E-state index in [2.05, 4.69) is 10.2 Å². The van der Waals surface area contributed by atoms with Crippen molar-refractivity contribution in [3.05, 3.63) is 70.1 Å². The predicted molar refractivity (Wildman–Crippen MR) is 81.9 cm³/mol. The van der Waals surface area contributed by atoms with Gasteiger partial charge < -0.3 is 0 Å². The van der Waals surface area contributed by atoms with E-state index in [4.69, 9.17) is 0 Å². The zero-order valence-electron chi connectivity index (χ0n) is 12.2. The zero-order valence-corrected chi connectivity index (χ0v) is 12.2. The smallest absolute Gasteiger partial charge is 0.288 e.